The smallest absolute Gasteiger partial charge is 0.312 e. The molecular weight excluding hydrogens is 388 g/mol. The summed E-state index contributed by atoms with van der Waals surface area (Å²) in [7, 11) is 0. The first-order chi connectivity index (χ1) is 14.0. The first kappa shape index (κ1) is 23.0. The van der Waals surface area contributed by atoms with Crippen LogP contribution in [0.2, 0.25) is 0 Å². The van der Waals surface area contributed by atoms with Crippen molar-refractivity contribution in [3.05, 3.63) is 0 Å². The van der Waals surface area contributed by atoms with E-state index in [2.05, 4.69) is 5.32 Å². The first-order valence-electron chi connectivity index (χ1n) is 11.1. The van der Waals surface area contributed by atoms with Crippen LogP contribution in [0.5, 0.6) is 0 Å². The van der Waals surface area contributed by atoms with E-state index in [1.165, 1.54) is 0 Å². The molecular formula is C22H36N2O6. The molecule has 0 aromatic heterocycles. The standard InChI is InChI=1S/C22H36N2O6/c1-6-29-19(28)15-14-18(27)24(12-8-7-9-13-25)16(17(26)23-20(2,3)4)22(14)11-10-21(15,5)30-22/h14-16,25H,6-13H2,1-5H3,(H,23,26)/t14-,15-,16?,21+,22?/m0/s1. The van der Waals surface area contributed by atoms with Crippen molar-refractivity contribution >= 4 is 17.8 Å². The van der Waals surface area contributed by atoms with Crippen LogP contribution in [-0.2, 0) is 23.9 Å². The molecule has 3 aliphatic rings. The zero-order valence-corrected chi connectivity index (χ0v) is 18.8. The first-order valence-corrected chi connectivity index (χ1v) is 11.1. The highest BCUT2D eigenvalue weighted by Gasteiger charge is 2.78. The number of aliphatic hydroxyl groups excluding tert-OH is 1. The number of carbonyl (C=O) groups is 3. The van der Waals surface area contributed by atoms with Crippen molar-refractivity contribution in [2.45, 2.75) is 89.5 Å². The van der Waals surface area contributed by atoms with Gasteiger partial charge in [0.1, 0.15) is 17.6 Å². The Morgan fingerprint density at radius 2 is 1.97 bits per heavy atom. The van der Waals surface area contributed by atoms with Crippen molar-refractivity contribution in [2.24, 2.45) is 11.8 Å². The number of aliphatic hydroxyl groups is 1. The predicted molar refractivity (Wildman–Crippen MR) is 109 cm³/mol. The quantitative estimate of drug-likeness (QED) is 0.451. The fourth-order valence-electron chi connectivity index (χ4n) is 5.57. The lowest BCUT2D eigenvalue weighted by Gasteiger charge is -2.35. The van der Waals surface area contributed by atoms with Crippen LogP contribution in [0.25, 0.3) is 0 Å². The number of rotatable bonds is 8. The summed E-state index contributed by atoms with van der Waals surface area (Å²) in [6.07, 6.45) is 3.25. The SMILES string of the molecule is CCOC(=O)[C@@H]1[C@H]2C(=O)N(CCCCCO)C(C(=O)NC(C)(C)C)C23CC[C@@]1(C)O3. The van der Waals surface area contributed by atoms with E-state index in [4.69, 9.17) is 14.6 Å². The monoisotopic (exact) mass is 424 g/mol. The highest BCUT2D eigenvalue weighted by atomic mass is 16.6. The Balaban J connectivity index is 1.96. The molecule has 2 amide bonds. The molecule has 3 heterocycles. The fraction of sp³-hybridized carbons (Fsp3) is 0.864. The molecule has 2 N–H and O–H groups in total. The van der Waals surface area contributed by atoms with E-state index in [9.17, 15) is 14.4 Å². The number of amides is 2. The largest absolute Gasteiger partial charge is 0.466 e. The maximum atomic E-state index is 13.6. The van der Waals surface area contributed by atoms with Gasteiger partial charge in [-0.1, -0.05) is 0 Å². The van der Waals surface area contributed by atoms with Crippen LogP contribution in [0, 0.1) is 11.8 Å². The minimum Gasteiger partial charge on any atom is -0.466 e. The minimum absolute atomic E-state index is 0.0981. The van der Waals surface area contributed by atoms with Gasteiger partial charge in [-0.2, -0.15) is 0 Å². The Hall–Kier alpha value is -1.67. The summed E-state index contributed by atoms with van der Waals surface area (Å²) in [5.74, 6) is -2.27. The van der Waals surface area contributed by atoms with Crippen molar-refractivity contribution in [3.63, 3.8) is 0 Å². The maximum Gasteiger partial charge on any atom is 0.312 e. The third kappa shape index (κ3) is 3.73. The van der Waals surface area contributed by atoms with Gasteiger partial charge in [-0.3, -0.25) is 14.4 Å². The summed E-state index contributed by atoms with van der Waals surface area (Å²) in [5.41, 5.74) is -2.26. The van der Waals surface area contributed by atoms with Crippen LogP contribution < -0.4 is 5.32 Å². The number of nitrogens with one attached hydrogen (secondary N) is 1. The Morgan fingerprint density at radius 1 is 1.27 bits per heavy atom. The lowest BCUT2D eigenvalue weighted by Crippen LogP contribution is -2.58. The molecule has 3 rings (SSSR count). The second kappa shape index (κ2) is 8.11. The summed E-state index contributed by atoms with van der Waals surface area (Å²) in [6, 6.07) is -0.774. The molecule has 30 heavy (non-hydrogen) atoms. The highest BCUT2D eigenvalue weighted by Crippen LogP contribution is 2.63. The van der Waals surface area contributed by atoms with E-state index >= 15 is 0 Å². The van der Waals surface area contributed by atoms with E-state index in [-0.39, 0.29) is 25.0 Å². The summed E-state index contributed by atoms with van der Waals surface area (Å²) in [4.78, 5) is 41.4. The summed E-state index contributed by atoms with van der Waals surface area (Å²) >= 11 is 0. The van der Waals surface area contributed by atoms with Crippen LogP contribution in [0.15, 0.2) is 0 Å². The predicted octanol–water partition coefficient (Wildman–Crippen LogP) is 1.39. The Morgan fingerprint density at radius 3 is 2.57 bits per heavy atom. The number of ether oxygens (including phenoxy) is 2. The molecule has 8 heteroatoms. The van der Waals surface area contributed by atoms with Crippen molar-refractivity contribution < 1.29 is 29.0 Å². The van der Waals surface area contributed by atoms with Gasteiger partial charge in [-0.15, -0.1) is 0 Å². The molecule has 8 nitrogen and oxygen atoms in total. The molecule has 2 bridgehead atoms. The van der Waals surface area contributed by atoms with E-state index in [1.54, 1.807) is 11.8 Å². The van der Waals surface area contributed by atoms with E-state index in [0.29, 0.717) is 32.2 Å². The summed E-state index contributed by atoms with van der Waals surface area (Å²) in [5, 5.41) is 12.1. The second-order valence-electron chi connectivity index (χ2n) is 10.0. The Kier molecular flexibility index (Phi) is 6.22. The van der Waals surface area contributed by atoms with E-state index in [1.807, 2.05) is 27.7 Å². The number of hydrogen-bond donors (Lipinski definition) is 2. The number of unbranched alkanes of at least 4 members (excludes halogenated alkanes) is 2. The van der Waals surface area contributed by atoms with Gasteiger partial charge < -0.3 is 24.8 Å². The molecule has 0 aromatic carbocycles. The highest BCUT2D eigenvalue weighted by molar-refractivity contribution is 5.98. The molecule has 0 saturated carbocycles. The van der Waals surface area contributed by atoms with Gasteiger partial charge in [0.2, 0.25) is 11.8 Å². The van der Waals surface area contributed by atoms with Gasteiger partial charge in [0.05, 0.1) is 18.1 Å². The lowest BCUT2D eigenvalue weighted by atomic mass is 9.66. The molecule has 3 fully saturated rings. The third-order valence-electron chi connectivity index (χ3n) is 6.62. The van der Waals surface area contributed by atoms with Crippen molar-refractivity contribution in [1.82, 2.24) is 10.2 Å². The molecule has 0 radical (unpaired) electrons. The third-order valence-corrected chi connectivity index (χ3v) is 6.62. The molecule has 170 valence electrons. The average Bonchev–Trinajstić information content (AvgIpc) is 3.19. The number of nitrogens with zero attached hydrogens (tertiary/aromatic N) is 1. The van der Waals surface area contributed by atoms with Crippen molar-refractivity contribution in [3.8, 4) is 0 Å². The van der Waals surface area contributed by atoms with Crippen LogP contribution >= 0.6 is 0 Å². The Bertz CT molecular complexity index is 704. The van der Waals surface area contributed by atoms with Gasteiger partial charge in [0, 0.05) is 18.7 Å². The van der Waals surface area contributed by atoms with Crippen LogP contribution in [0.4, 0.5) is 0 Å². The number of esters is 1. The zero-order chi connectivity index (χ0) is 22.3. The normalized spacial score (nSPS) is 34.9. The van der Waals surface area contributed by atoms with Gasteiger partial charge in [0.15, 0.2) is 0 Å². The molecule has 1 spiro atoms. The van der Waals surface area contributed by atoms with E-state index < -0.39 is 40.6 Å². The van der Waals surface area contributed by atoms with E-state index in [0.717, 1.165) is 6.42 Å². The number of fused-ring (bicyclic) bond motifs is 1. The lowest BCUT2D eigenvalue weighted by molar-refractivity contribution is -0.159. The summed E-state index contributed by atoms with van der Waals surface area (Å²) < 4.78 is 11.8. The average molecular weight is 425 g/mol. The zero-order valence-electron chi connectivity index (χ0n) is 18.8. The minimum atomic E-state index is -1.00. The second-order valence-corrected chi connectivity index (χ2v) is 10.0. The summed E-state index contributed by atoms with van der Waals surface area (Å²) in [6.45, 7) is 10.0. The molecule has 3 saturated heterocycles. The number of carbonyl (C=O) groups excluding carboxylic acids is 3. The molecule has 5 atom stereocenters. The van der Waals surface area contributed by atoms with Gasteiger partial charge in [-0.25, -0.2) is 0 Å². The number of hydrogen-bond acceptors (Lipinski definition) is 6. The molecule has 0 aliphatic carbocycles. The fourth-order valence-corrected chi connectivity index (χ4v) is 5.57. The molecule has 3 aliphatic heterocycles. The van der Waals surface area contributed by atoms with Crippen molar-refractivity contribution in [1.29, 1.82) is 0 Å². The van der Waals surface area contributed by atoms with Crippen molar-refractivity contribution in [2.75, 3.05) is 19.8 Å². The maximum absolute atomic E-state index is 13.6. The Labute approximate surface area is 178 Å². The van der Waals surface area contributed by atoms with Crippen LogP contribution in [-0.4, -0.2) is 70.3 Å². The van der Waals surface area contributed by atoms with Crippen LogP contribution in [0.1, 0.15) is 66.7 Å². The number of likely N-dealkylation sites (tertiary alicyclic amines) is 1. The molecule has 0 aromatic rings. The van der Waals surface area contributed by atoms with Gasteiger partial charge >= 0.3 is 5.97 Å². The molecule has 2 unspecified atom stereocenters. The topological polar surface area (TPSA) is 105 Å². The van der Waals surface area contributed by atoms with Gasteiger partial charge in [-0.05, 0) is 66.7 Å². The van der Waals surface area contributed by atoms with Gasteiger partial charge in [0.25, 0.3) is 0 Å². The van der Waals surface area contributed by atoms with Crippen LogP contribution in [0.3, 0.4) is 0 Å².